The lowest BCUT2D eigenvalue weighted by atomic mass is 10.2. The molecule has 0 aliphatic carbocycles. The van der Waals surface area contributed by atoms with Gasteiger partial charge in [0.1, 0.15) is 11.8 Å². The third kappa shape index (κ3) is 2.84. The molecule has 0 saturated heterocycles. The number of benzene rings is 1. The molecule has 6 heteroatoms. The lowest BCUT2D eigenvalue weighted by Gasteiger charge is -2.07. The standard InChI is InChI=1S/C14H11N3O3/c1-19-14(18)9-4-5-17-13(7-9)20-12-3-2-11(16)6-10(12)8-15/h2-7H,16H2,1H3. The average molecular weight is 269 g/mol. The van der Waals surface area contributed by atoms with Crippen LogP contribution in [0, 0.1) is 11.3 Å². The molecule has 2 N–H and O–H groups in total. The maximum atomic E-state index is 11.4. The number of carbonyl (C=O) groups excluding carboxylic acids is 1. The summed E-state index contributed by atoms with van der Waals surface area (Å²) in [5.74, 6) is 0.0143. The molecular weight excluding hydrogens is 258 g/mol. The third-order valence-corrected chi connectivity index (χ3v) is 2.49. The van der Waals surface area contributed by atoms with Crippen molar-refractivity contribution in [2.75, 3.05) is 12.8 Å². The van der Waals surface area contributed by atoms with Gasteiger partial charge in [0.25, 0.3) is 0 Å². The summed E-state index contributed by atoms with van der Waals surface area (Å²) in [6.07, 6.45) is 1.42. The second-order valence-corrected chi connectivity index (χ2v) is 3.84. The van der Waals surface area contributed by atoms with Crippen LogP contribution in [0.3, 0.4) is 0 Å². The van der Waals surface area contributed by atoms with Crippen LogP contribution in [0.2, 0.25) is 0 Å². The topological polar surface area (TPSA) is 98.2 Å². The van der Waals surface area contributed by atoms with E-state index in [2.05, 4.69) is 9.72 Å². The van der Waals surface area contributed by atoms with Gasteiger partial charge in [-0.1, -0.05) is 0 Å². The van der Waals surface area contributed by atoms with Crippen LogP contribution in [0.15, 0.2) is 36.5 Å². The number of rotatable bonds is 3. The molecule has 1 aromatic heterocycles. The summed E-state index contributed by atoms with van der Waals surface area (Å²) in [7, 11) is 1.29. The number of anilines is 1. The normalized spacial score (nSPS) is 9.60. The minimum atomic E-state index is -0.491. The molecule has 2 aromatic rings. The Hall–Kier alpha value is -3.07. The van der Waals surface area contributed by atoms with E-state index < -0.39 is 5.97 Å². The molecule has 6 nitrogen and oxygen atoms in total. The molecule has 0 radical (unpaired) electrons. The lowest BCUT2D eigenvalue weighted by molar-refractivity contribution is 0.0600. The smallest absolute Gasteiger partial charge is 0.338 e. The van der Waals surface area contributed by atoms with Crippen LogP contribution in [-0.4, -0.2) is 18.1 Å². The summed E-state index contributed by atoms with van der Waals surface area (Å²) in [6, 6.07) is 9.60. The number of nitriles is 1. The molecule has 1 heterocycles. The number of hydrogen-bond acceptors (Lipinski definition) is 6. The van der Waals surface area contributed by atoms with E-state index in [1.807, 2.05) is 6.07 Å². The molecule has 0 bridgehead atoms. The lowest BCUT2D eigenvalue weighted by Crippen LogP contribution is -2.02. The highest BCUT2D eigenvalue weighted by atomic mass is 16.5. The zero-order valence-electron chi connectivity index (χ0n) is 10.7. The fourth-order valence-electron chi connectivity index (χ4n) is 1.55. The number of aromatic nitrogens is 1. The van der Waals surface area contributed by atoms with Gasteiger partial charge in [-0.05, 0) is 24.3 Å². The molecule has 0 fully saturated rings. The van der Waals surface area contributed by atoms with E-state index in [-0.39, 0.29) is 11.4 Å². The minimum Gasteiger partial charge on any atom is -0.465 e. The third-order valence-electron chi connectivity index (χ3n) is 2.49. The average Bonchev–Trinajstić information content (AvgIpc) is 2.48. The molecule has 1 aromatic carbocycles. The summed E-state index contributed by atoms with van der Waals surface area (Å²) in [6.45, 7) is 0. The van der Waals surface area contributed by atoms with Gasteiger partial charge in [-0.25, -0.2) is 9.78 Å². The summed E-state index contributed by atoms with van der Waals surface area (Å²) in [4.78, 5) is 15.4. The van der Waals surface area contributed by atoms with Gasteiger partial charge in [-0.2, -0.15) is 5.26 Å². The number of nitrogens with two attached hydrogens (primary N) is 1. The Balaban J connectivity index is 2.31. The van der Waals surface area contributed by atoms with Crippen molar-refractivity contribution in [3.05, 3.63) is 47.7 Å². The maximum absolute atomic E-state index is 11.4. The van der Waals surface area contributed by atoms with Crippen molar-refractivity contribution < 1.29 is 14.3 Å². The van der Waals surface area contributed by atoms with Crippen molar-refractivity contribution in [1.82, 2.24) is 4.98 Å². The van der Waals surface area contributed by atoms with Crippen LogP contribution in [0.4, 0.5) is 5.69 Å². The van der Waals surface area contributed by atoms with Crippen molar-refractivity contribution in [3.8, 4) is 17.7 Å². The number of hydrogen-bond donors (Lipinski definition) is 1. The molecular formula is C14H11N3O3. The number of carbonyl (C=O) groups is 1. The van der Waals surface area contributed by atoms with Gasteiger partial charge in [0.2, 0.25) is 5.88 Å². The van der Waals surface area contributed by atoms with E-state index in [9.17, 15) is 4.79 Å². The van der Waals surface area contributed by atoms with E-state index in [0.717, 1.165) is 0 Å². The van der Waals surface area contributed by atoms with Crippen LogP contribution < -0.4 is 10.5 Å². The van der Waals surface area contributed by atoms with E-state index in [1.165, 1.54) is 31.5 Å². The number of esters is 1. The molecule has 0 amide bonds. The molecule has 0 spiro atoms. The van der Waals surface area contributed by atoms with Crippen molar-refractivity contribution in [1.29, 1.82) is 5.26 Å². The number of pyridine rings is 1. The van der Waals surface area contributed by atoms with Crippen LogP contribution in [0.5, 0.6) is 11.6 Å². The fourth-order valence-corrected chi connectivity index (χ4v) is 1.55. The zero-order chi connectivity index (χ0) is 14.5. The first kappa shape index (κ1) is 13.4. The van der Waals surface area contributed by atoms with Gasteiger partial charge in [0.05, 0.1) is 18.2 Å². The second kappa shape index (κ2) is 5.71. The molecule has 0 unspecified atom stereocenters. The summed E-state index contributed by atoms with van der Waals surface area (Å²) in [5, 5.41) is 9.02. The Labute approximate surface area is 115 Å². The molecule has 0 saturated carbocycles. The number of nitrogen functional groups attached to an aromatic ring is 1. The van der Waals surface area contributed by atoms with Crippen molar-refractivity contribution in [2.45, 2.75) is 0 Å². The van der Waals surface area contributed by atoms with E-state index in [4.69, 9.17) is 15.7 Å². The van der Waals surface area contributed by atoms with Crippen LogP contribution in [0.1, 0.15) is 15.9 Å². The van der Waals surface area contributed by atoms with Crippen LogP contribution in [0.25, 0.3) is 0 Å². The van der Waals surface area contributed by atoms with Gasteiger partial charge in [-0.3, -0.25) is 0 Å². The van der Waals surface area contributed by atoms with Crippen LogP contribution >= 0.6 is 0 Å². The predicted molar refractivity (Wildman–Crippen MR) is 71.2 cm³/mol. The SMILES string of the molecule is COC(=O)c1ccnc(Oc2ccc(N)cc2C#N)c1. The van der Waals surface area contributed by atoms with E-state index in [0.29, 0.717) is 17.0 Å². The highest BCUT2D eigenvalue weighted by Crippen LogP contribution is 2.25. The van der Waals surface area contributed by atoms with E-state index >= 15 is 0 Å². The van der Waals surface area contributed by atoms with Crippen molar-refractivity contribution in [2.24, 2.45) is 0 Å². The number of nitrogens with zero attached hydrogens (tertiary/aromatic N) is 2. The number of methoxy groups -OCH3 is 1. The summed E-state index contributed by atoms with van der Waals surface area (Å²) in [5.41, 5.74) is 6.66. The monoisotopic (exact) mass is 269 g/mol. The Morgan fingerprint density at radius 3 is 2.85 bits per heavy atom. The predicted octanol–water partition coefficient (Wildman–Crippen LogP) is 2.11. The first-order valence-corrected chi connectivity index (χ1v) is 5.66. The maximum Gasteiger partial charge on any atom is 0.338 e. The Morgan fingerprint density at radius 2 is 2.15 bits per heavy atom. The van der Waals surface area contributed by atoms with Gasteiger partial charge in [0.15, 0.2) is 0 Å². The Kier molecular flexibility index (Phi) is 3.82. The molecule has 0 aliphatic rings. The number of ether oxygens (including phenoxy) is 2. The highest BCUT2D eigenvalue weighted by Gasteiger charge is 2.10. The summed E-state index contributed by atoms with van der Waals surface area (Å²) < 4.78 is 10.1. The second-order valence-electron chi connectivity index (χ2n) is 3.84. The Morgan fingerprint density at radius 1 is 1.35 bits per heavy atom. The fraction of sp³-hybridized carbons (Fsp3) is 0.0714. The van der Waals surface area contributed by atoms with Gasteiger partial charge in [0, 0.05) is 18.0 Å². The molecule has 100 valence electrons. The molecule has 0 atom stereocenters. The van der Waals surface area contributed by atoms with E-state index in [1.54, 1.807) is 12.1 Å². The minimum absolute atomic E-state index is 0.189. The molecule has 2 rings (SSSR count). The first-order valence-electron chi connectivity index (χ1n) is 5.66. The quantitative estimate of drug-likeness (QED) is 0.676. The van der Waals surface area contributed by atoms with Gasteiger partial charge in [-0.15, -0.1) is 0 Å². The van der Waals surface area contributed by atoms with Crippen LogP contribution in [-0.2, 0) is 4.74 Å². The van der Waals surface area contributed by atoms with Gasteiger partial charge < -0.3 is 15.2 Å². The largest absolute Gasteiger partial charge is 0.465 e. The first-order chi connectivity index (χ1) is 9.63. The van der Waals surface area contributed by atoms with Gasteiger partial charge >= 0.3 is 5.97 Å². The molecule has 20 heavy (non-hydrogen) atoms. The molecule has 0 aliphatic heterocycles. The zero-order valence-corrected chi connectivity index (χ0v) is 10.7. The Bertz CT molecular complexity index is 692. The summed E-state index contributed by atoms with van der Waals surface area (Å²) >= 11 is 0. The van der Waals surface area contributed by atoms with Crippen molar-refractivity contribution >= 4 is 11.7 Å². The highest BCUT2D eigenvalue weighted by molar-refractivity contribution is 5.89. The van der Waals surface area contributed by atoms with Crippen molar-refractivity contribution in [3.63, 3.8) is 0 Å².